The van der Waals surface area contributed by atoms with Gasteiger partial charge in [0.05, 0.1) is 5.01 Å². The van der Waals surface area contributed by atoms with Gasteiger partial charge in [0.2, 0.25) is 0 Å². The molecule has 0 amide bonds. The standard InChI is InChI=1S/C18H22N4S/c1-13-12-23-17(21-13)5-4-9-19-18-16-11-15(22(2)3)7-6-14(16)8-10-20-18/h6-8,10-12H,4-5,9H2,1-3H3,(H,19,20). The van der Waals surface area contributed by atoms with E-state index in [4.69, 9.17) is 0 Å². The average Bonchev–Trinajstić information content (AvgIpc) is 2.96. The van der Waals surface area contributed by atoms with Gasteiger partial charge in [-0.15, -0.1) is 11.3 Å². The summed E-state index contributed by atoms with van der Waals surface area (Å²) in [4.78, 5) is 11.1. The molecule has 0 radical (unpaired) electrons. The van der Waals surface area contributed by atoms with Crippen molar-refractivity contribution in [3.05, 3.63) is 46.5 Å². The van der Waals surface area contributed by atoms with Crippen molar-refractivity contribution in [2.75, 3.05) is 30.9 Å². The summed E-state index contributed by atoms with van der Waals surface area (Å²) in [5.41, 5.74) is 2.30. The Kier molecular flexibility index (Phi) is 4.76. The Balaban J connectivity index is 1.68. The zero-order valence-corrected chi connectivity index (χ0v) is 14.7. The second kappa shape index (κ2) is 6.96. The van der Waals surface area contributed by atoms with Gasteiger partial charge >= 0.3 is 0 Å². The highest BCUT2D eigenvalue weighted by atomic mass is 32.1. The second-order valence-electron chi connectivity index (χ2n) is 5.87. The first kappa shape index (κ1) is 15.7. The van der Waals surface area contributed by atoms with Crippen molar-refractivity contribution < 1.29 is 0 Å². The van der Waals surface area contributed by atoms with Crippen LogP contribution in [0.4, 0.5) is 11.5 Å². The number of rotatable bonds is 6. The Labute approximate surface area is 141 Å². The molecule has 0 spiro atoms. The first-order chi connectivity index (χ1) is 11.1. The van der Waals surface area contributed by atoms with Gasteiger partial charge in [0, 0.05) is 55.4 Å². The van der Waals surface area contributed by atoms with Crippen molar-refractivity contribution in [1.82, 2.24) is 9.97 Å². The fourth-order valence-corrected chi connectivity index (χ4v) is 3.36. The van der Waals surface area contributed by atoms with Crippen molar-refractivity contribution in [1.29, 1.82) is 0 Å². The lowest BCUT2D eigenvalue weighted by molar-refractivity contribution is 0.849. The number of aromatic nitrogens is 2. The minimum absolute atomic E-state index is 0.900. The molecular formula is C18H22N4S. The van der Waals surface area contributed by atoms with E-state index in [1.807, 2.05) is 13.1 Å². The lowest BCUT2D eigenvalue weighted by Gasteiger charge is -2.14. The van der Waals surface area contributed by atoms with E-state index >= 15 is 0 Å². The van der Waals surface area contributed by atoms with Crippen LogP contribution >= 0.6 is 11.3 Å². The molecule has 0 aliphatic carbocycles. The number of nitrogens with zero attached hydrogens (tertiary/aromatic N) is 3. The molecule has 3 rings (SSSR count). The molecule has 3 aromatic rings. The van der Waals surface area contributed by atoms with Crippen molar-refractivity contribution in [2.45, 2.75) is 19.8 Å². The molecule has 2 aromatic heterocycles. The van der Waals surface area contributed by atoms with Gasteiger partial charge in [-0.3, -0.25) is 0 Å². The first-order valence-corrected chi connectivity index (χ1v) is 8.72. The normalized spacial score (nSPS) is 10.9. The van der Waals surface area contributed by atoms with E-state index in [0.717, 1.165) is 30.9 Å². The van der Waals surface area contributed by atoms with Gasteiger partial charge in [-0.1, -0.05) is 6.07 Å². The number of hydrogen-bond acceptors (Lipinski definition) is 5. The third-order valence-electron chi connectivity index (χ3n) is 3.79. The molecule has 0 fully saturated rings. The van der Waals surface area contributed by atoms with E-state index in [-0.39, 0.29) is 0 Å². The van der Waals surface area contributed by atoms with Crippen molar-refractivity contribution in [3.8, 4) is 0 Å². The molecule has 2 heterocycles. The van der Waals surface area contributed by atoms with E-state index in [1.165, 1.54) is 21.5 Å². The van der Waals surface area contributed by atoms with E-state index in [9.17, 15) is 0 Å². The topological polar surface area (TPSA) is 41.1 Å². The molecule has 4 nitrogen and oxygen atoms in total. The van der Waals surface area contributed by atoms with Crippen LogP contribution in [0.25, 0.3) is 10.8 Å². The lowest BCUT2D eigenvalue weighted by atomic mass is 10.1. The Morgan fingerprint density at radius 3 is 2.83 bits per heavy atom. The second-order valence-corrected chi connectivity index (χ2v) is 6.82. The fraction of sp³-hybridized carbons (Fsp3) is 0.333. The van der Waals surface area contributed by atoms with Crippen LogP contribution in [0.1, 0.15) is 17.1 Å². The molecule has 23 heavy (non-hydrogen) atoms. The summed E-state index contributed by atoms with van der Waals surface area (Å²) in [6, 6.07) is 8.53. The molecule has 0 aliphatic rings. The maximum atomic E-state index is 4.51. The highest BCUT2D eigenvalue weighted by Crippen LogP contribution is 2.25. The van der Waals surface area contributed by atoms with Crippen LogP contribution in [0.5, 0.6) is 0 Å². The summed E-state index contributed by atoms with van der Waals surface area (Å²) in [5.74, 6) is 0.960. The van der Waals surface area contributed by atoms with Crippen LogP contribution in [0.3, 0.4) is 0 Å². The van der Waals surface area contributed by atoms with Gasteiger partial charge in [0.15, 0.2) is 0 Å². The van der Waals surface area contributed by atoms with Gasteiger partial charge in [-0.05, 0) is 36.9 Å². The van der Waals surface area contributed by atoms with Gasteiger partial charge in [0.1, 0.15) is 5.82 Å². The number of benzene rings is 1. The molecule has 1 N–H and O–H groups in total. The Hall–Kier alpha value is -2.14. The van der Waals surface area contributed by atoms with Crippen LogP contribution in [-0.2, 0) is 6.42 Å². The number of nitrogens with one attached hydrogen (secondary N) is 1. The van der Waals surface area contributed by atoms with Gasteiger partial charge < -0.3 is 10.2 Å². The number of pyridine rings is 1. The lowest BCUT2D eigenvalue weighted by Crippen LogP contribution is -2.09. The van der Waals surface area contributed by atoms with Crippen molar-refractivity contribution in [3.63, 3.8) is 0 Å². The number of thiazole rings is 1. The summed E-state index contributed by atoms with van der Waals surface area (Å²) in [5, 5.41) is 9.18. The van der Waals surface area contributed by atoms with Crippen LogP contribution in [0.15, 0.2) is 35.8 Å². The van der Waals surface area contributed by atoms with E-state index in [0.29, 0.717) is 0 Å². The Morgan fingerprint density at radius 2 is 2.09 bits per heavy atom. The van der Waals surface area contributed by atoms with Crippen LogP contribution < -0.4 is 10.2 Å². The summed E-state index contributed by atoms with van der Waals surface area (Å²) >= 11 is 1.74. The van der Waals surface area contributed by atoms with Crippen LogP contribution in [0, 0.1) is 6.92 Å². The van der Waals surface area contributed by atoms with E-state index < -0.39 is 0 Å². The minimum Gasteiger partial charge on any atom is -0.378 e. The molecule has 0 atom stereocenters. The van der Waals surface area contributed by atoms with Crippen LogP contribution in [0.2, 0.25) is 0 Å². The Morgan fingerprint density at radius 1 is 1.22 bits per heavy atom. The molecule has 0 saturated carbocycles. The molecule has 5 heteroatoms. The number of aryl methyl sites for hydroxylation is 2. The van der Waals surface area contributed by atoms with Gasteiger partial charge in [-0.2, -0.15) is 0 Å². The smallest absolute Gasteiger partial charge is 0.133 e. The molecular weight excluding hydrogens is 304 g/mol. The average molecular weight is 326 g/mol. The summed E-state index contributed by atoms with van der Waals surface area (Å²) < 4.78 is 0. The SMILES string of the molecule is Cc1csc(CCCNc2nccc3ccc(N(C)C)cc23)n1. The summed E-state index contributed by atoms with van der Waals surface area (Å²) in [6.07, 6.45) is 3.93. The third-order valence-corrected chi connectivity index (χ3v) is 4.82. The largest absolute Gasteiger partial charge is 0.378 e. The van der Waals surface area contributed by atoms with Crippen LogP contribution in [-0.4, -0.2) is 30.6 Å². The zero-order chi connectivity index (χ0) is 16.2. The zero-order valence-electron chi connectivity index (χ0n) is 13.8. The molecule has 0 bridgehead atoms. The molecule has 120 valence electrons. The molecule has 0 saturated heterocycles. The van der Waals surface area contributed by atoms with Crippen molar-refractivity contribution >= 4 is 33.6 Å². The van der Waals surface area contributed by atoms with Gasteiger partial charge in [-0.25, -0.2) is 9.97 Å². The molecule has 1 aromatic carbocycles. The monoisotopic (exact) mass is 326 g/mol. The predicted molar refractivity (Wildman–Crippen MR) is 99.7 cm³/mol. The fourth-order valence-electron chi connectivity index (χ4n) is 2.54. The first-order valence-electron chi connectivity index (χ1n) is 7.84. The van der Waals surface area contributed by atoms with E-state index in [2.05, 4.69) is 63.9 Å². The number of fused-ring (bicyclic) bond motifs is 1. The summed E-state index contributed by atoms with van der Waals surface area (Å²) in [7, 11) is 4.11. The maximum absolute atomic E-state index is 4.51. The highest BCUT2D eigenvalue weighted by Gasteiger charge is 2.05. The van der Waals surface area contributed by atoms with Gasteiger partial charge in [0.25, 0.3) is 0 Å². The summed E-state index contributed by atoms with van der Waals surface area (Å²) in [6.45, 7) is 2.94. The number of anilines is 2. The van der Waals surface area contributed by atoms with E-state index in [1.54, 1.807) is 11.3 Å². The third kappa shape index (κ3) is 3.79. The Bertz CT molecular complexity index is 795. The maximum Gasteiger partial charge on any atom is 0.133 e. The quantitative estimate of drug-likeness (QED) is 0.692. The molecule has 0 aliphatic heterocycles. The minimum atomic E-state index is 0.900. The highest BCUT2D eigenvalue weighted by molar-refractivity contribution is 7.09. The molecule has 0 unspecified atom stereocenters. The number of hydrogen-bond donors (Lipinski definition) is 1. The predicted octanol–water partition coefficient (Wildman–Crippen LogP) is 4.11. The van der Waals surface area contributed by atoms with Crippen molar-refractivity contribution in [2.24, 2.45) is 0 Å².